The molecule has 1 heterocycles. The third kappa shape index (κ3) is 1.50. The first-order valence-electron chi connectivity index (χ1n) is 4.18. The number of aromatic carboxylic acids is 1. The first kappa shape index (κ1) is 9.79. The molecule has 0 saturated heterocycles. The first-order chi connectivity index (χ1) is 7.11. The fourth-order valence-electron chi connectivity index (χ4n) is 1.39. The fraction of sp³-hybridized carbons (Fsp3) is 0. The van der Waals surface area contributed by atoms with Crippen molar-refractivity contribution in [2.75, 3.05) is 0 Å². The van der Waals surface area contributed by atoms with E-state index in [1.54, 1.807) is 18.2 Å². The summed E-state index contributed by atoms with van der Waals surface area (Å²) in [4.78, 5) is 25.8. The van der Waals surface area contributed by atoms with Gasteiger partial charge < -0.3 is 10.1 Å². The Labute approximate surface area is 90.0 Å². The highest BCUT2D eigenvalue weighted by molar-refractivity contribution is 7.80. The Kier molecular flexibility index (Phi) is 2.24. The van der Waals surface area contributed by atoms with E-state index in [0.29, 0.717) is 15.8 Å². The average Bonchev–Trinajstić information content (AvgIpc) is 2.19. The van der Waals surface area contributed by atoms with Crippen LogP contribution in [0.5, 0.6) is 0 Å². The predicted octanol–water partition coefficient (Wildman–Crippen LogP) is 1.51. The van der Waals surface area contributed by atoms with Crippen LogP contribution in [0.4, 0.5) is 0 Å². The summed E-state index contributed by atoms with van der Waals surface area (Å²) in [7, 11) is 0. The standard InChI is InChI=1S/C10H7NO3S/c12-9-5-2-1-3-7(15)8(5)11-4-6(9)10(13)14/h1-4,15H,(H,11,12)(H,13,14). The Morgan fingerprint density at radius 2 is 2.13 bits per heavy atom. The van der Waals surface area contributed by atoms with Gasteiger partial charge in [-0.1, -0.05) is 6.07 Å². The molecular weight excluding hydrogens is 214 g/mol. The van der Waals surface area contributed by atoms with E-state index in [-0.39, 0.29) is 5.56 Å². The highest BCUT2D eigenvalue weighted by Crippen LogP contribution is 2.16. The van der Waals surface area contributed by atoms with Crippen LogP contribution in [0.1, 0.15) is 10.4 Å². The molecule has 0 saturated carbocycles. The van der Waals surface area contributed by atoms with Crippen molar-refractivity contribution >= 4 is 29.5 Å². The summed E-state index contributed by atoms with van der Waals surface area (Å²) in [6, 6.07) is 4.95. The molecule has 0 atom stereocenters. The molecule has 1 aromatic carbocycles. The van der Waals surface area contributed by atoms with Gasteiger partial charge in [0.2, 0.25) is 5.43 Å². The molecular formula is C10H7NO3S. The van der Waals surface area contributed by atoms with Crippen molar-refractivity contribution in [1.29, 1.82) is 0 Å². The van der Waals surface area contributed by atoms with E-state index in [4.69, 9.17) is 5.11 Å². The molecule has 76 valence electrons. The number of hydrogen-bond donors (Lipinski definition) is 3. The lowest BCUT2D eigenvalue weighted by Gasteiger charge is -2.01. The third-order valence-electron chi connectivity index (χ3n) is 2.12. The number of carboxylic acids is 1. The molecule has 0 spiro atoms. The van der Waals surface area contributed by atoms with Gasteiger partial charge in [0.25, 0.3) is 0 Å². The zero-order valence-corrected chi connectivity index (χ0v) is 8.41. The highest BCUT2D eigenvalue weighted by atomic mass is 32.1. The number of H-pyrrole nitrogens is 1. The van der Waals surface area contributed by atoms with E-state index >= 15 is 0 Å². The Morgan fingerprint density at radius 3 is 2.80 bits per heavy atom. The van der Waals surface area contributed by atoms with E-state index in [2.05, 4.69) is 17.6 Å². The van der Waals surface area contributed by atoms with Crippen molar-refractivity contribution < 1.29 is 9.90 Å². The zero-order chi connectivity index (χ0) is 11.0. The number of carbonyl (C=O) groups is 1. The number of pyridine rings is 1. The van der Waals surface area contributed by atoms with Gasteiger partial charge in [0.1, 0.15) is 5.56 Å². The lowest BCUT2D eigenvalue weighted by Crippen LogP contribution is -2.15. The van der Waals surface area contributed by atoms with Crippen molar-refractivity contribution in [2.45, 2.75) is 4.90 Å². The number of benzene rings is 1. The van der Waals surface area contributed by atoms with Crippen molar-refractivity contribution in [2.24, 2.45) is 0 Å². The van der Waals surface area contributed by atoms with E-state index in [0.717, 1.165) is 0 Å². The van der Waals surface area contributed by atoms with Gasteiger partial charge in [0, 0.05) is 16.5 Å². The summed E-state index contributed by atoms with van der Waals surface area (Å²) in [5.41, 5.74) is -0.204. The number of carboxylic acid groups (broad SMARTS) is 1. The van der Waals surface area contributed by atoms with Gasteiger partial charge in [0.15, 0.2) is 0 Å². The van der Waals surface area contributed by atoms with Crippen LogP contribution in [0.3, 0.4) is 0 Å². The topological polar surface area (TPSA) is 70.2 Å². The lowest BCUT2D eigenvalue weighted by molar-refractivity contribution is 0.0695. The van der Waals surface area contributed by atoms with Crippen LogP contribution in [-0.4, -0.2) is 16.1 Å². The van der Waals surface area contributed by atoms with Crippen LogP contribution in [0.15, 0.2) is 34.1 Å². The van der Waals surface area contributed by atoms with E-state index < -0.39 is 11.4 Å². The third-order valence-corrected chi connectivity index (χ3v) is 2.50. The number of aromatic nitrogens is 1. The van der Waals surface area contributed by atoms with Gasteiger partial charge >= 0.3 is 5.97 Å². The summed E-state index contributed by atoms with van der Waals surface area (Å²) in [5, 5.41) is 9.09. The minimum Gasteiger partial charge on any atom is -0.477 e. The zero-order valence-electron chi connectivity index (χ0n) is 7.52. The van der Waals surface area contributed by atoms with Crippen molar-refractivity contribution in [3.05, 3.63) is 40.2 Å². The van der Waals surface area contributed by atoms with Gasteiger partial charge in [-0.05, 0) is 12.1 Å². The summed E-state index contributed by atoms with van der Waals surface area (Å²) in [6.45, 7) is 0. The second kappa shape index (κ2) is 3.43. The van der Waals surface area contributed by atoms with Gasteiger partial charge in [-0.3, -0.25) is 4.79 Å². The molecule has 0 aliphatic heterocycles. The maximum atomic E-state index is 11.7. The molecule has 0 aliphatic carbocycles. The minimum absolute atomic E-state index is 0.263. The number of aromatic amines is 1. The molecule has 2 N–H and O–H groups in total. The average molecular weight is 221 g/mol. The molecule has 0 aliphatic rings. The fourth-order valence-corrected chi connectivity index (χ4v) is 1.67. The first-order valence-corrected chi connectivity index (χ1v) is 4.62. The number of thiol groups is 1. The summed E-state index contributed by atoms with van der Waals surface area (Å²) in [6.07, 6.45) is 1.19. The molecule has 5 heteroatoms. The SMILES string of the molecule is O=C(O)c1c[nH]c2c(S)cccc2c1=O. The van der Waals surface area contributed by atoms with E-state index in [1.807, 2.05) is 0 Å². The Hall–Kier alpha value is -1.75. The van der Waals surface area contributed by atoms with Crippen LogP contribution < -0.4 is 5.43 Å². The number of para-hydroxylation sites is 1. The summed E-state index contributed by atoms with van der Waals surface area (Å²) in [5.74, 6) is -1.23. The number of fused-ring (bicyclic) bond motifs is 1. The van der Waals surface area contributed by atoms with Crippen molar-refractivity contribution in [3.8, 4) is 0 Å². The van der Waals surface area contributed by atoms with Gasteiger partial charge in [-0.15, -0.1) is 12.6 Å². The number of hydrogen-bond acceptors (Lipinski definition) is 3. The molecule has 0 radical (unpaired) electrons. The largest absolute Gasteiger partial charge is 0.477 e. The monoisotopic (exact) mass is 221 g/mol. The molecule has 0 amide bonds. The molecule has 0 fully saturated rings. The minimum atomic E-state index is -1.23. The van der Waals surface area contributed by atoms with Crippen LogP contribution >= 0.6 is 12.6 Å². The predicted molar refractivity (Wildman–Crippen MR) is 58.8 cm³/mol. The highest BCUT2D eigenvalue weighted by Gasteiger charge is 2.11. The Morgan fingerprint density at radius 1 is 1.40 bits per heavy atom. The molecule has 2 rings (SSSR count). The maximum absolute atomic E-state index is 11.7. The maximum Gasteiger partial charge on any atom is 0.341 e. The van der Waals surface area contributed by atoms with Crippen LogP contribution in [-0.2, 0) is 0 Å². The molecule has 0 bridgehead atoms. The van der Waals surface area contributed by atoms with Gasteiger partial charge in [-0.2, -0.15) is 0 Å². The molecule has 15 heavy (non-hydrogen) atoms. The molecule has 0 unspecified atom stereocenters. The van der Waals surface area contributed by atoms with Crippen LogP contribution in [0.2, 0.25) is 0 Å². The molecule has 2 aromatic rings. The Balaban J connectivity index is 2.92. The normalized spacial score (nSPS) is 10.5. The second-order valence-corrected chi connectivity index (χ2v) is 3.52. The molecule has 1 aromatic heterocycles. The van der Waals surface area contributed by atoms with E-state index in [1.165, 1.54) is 6.20 Å². The van der Waals surface area contributed by atoms with Crippen molar-refractivity contribution in [3.63, 3.8) is 0 Å². The van der Waals surface area contributed by atoms with Crippen LogP contribution in [0.25, 0.3) is 10.9 Å². The quantitative estimate of drug-likeness (QED) is 0.639. The van der Waals surface area contributed by atoms with Crippen molar-refractivity contribution in [1.82, 2.24) is 4.98 Å². The van der Waals surface area contributed by atoms with Gasteiger partial charge in [0.05, 0.1) is 5.52 Å². The second-order valence-electron chi connectivity index (χ2n) is 3.04. The Bertz CT molecular complexity index is 603. The lowest BCUT2D eigenvalue weighted by atomic mass is 10.1. The van der Waals surface area contributed by atoms with Gasteiger partial charge in [-0.25, -0.2) is 4.79 Å². The number of nitrogens with one attached hydrogen (secondary N) is 1. The summed E-state index contributed by atoms with van der Waals surface area (Å²) < 4.78 is 0. The van der Waals surface area contributed by atoms with E-state index in [9.17, 15) is 9.59 Å². The van der Waals surface area contributed by atoms with Crippen LogP contribution in [0, 0.1) is 0 Å². The smallest absolute Gasteiger partial charge is 0.341 e. The molecule has 4 nitrogen and oxygen atoms in total. The summed E-state index contributed by atoms with van der Waals surface area (Å²) >= 11 is 4.17. The number of rotatable bonds is 1.